The molecule has 7 heteroatoms. The largest absolute Gasteiger partial charge is 0.497 e. The number of rotatable bonds is 6. The molecule has 2 aromatic rings. The molecule has 3 rings (SSSR count). The first-order valence-corrected chi connectivity index (χ1v) is 8.84. The number of likely N-dealkylation sites (N-methyl/N-ethyl adjacent to an activating group) is 1. The lowest BCUT2D eigenvalue weighted by molar-refractivity contribution is 0.0948. The van der Waals surface area contributed by atoms with Crippen molar-refractivity contribution in [3.63, 3.8) is 0 Å². The molecule has 1 aliphatic heterocycles. The molecule has 1 N–H and O–H groups in total. The van der Waals surface area contributed by atoms with Crippen LogP contribution >= 0.6 is 0 Å². The smallest absolute Gasteiger partial charge is 0.271 e. The minimum Gasteiger partial charge on any atom is -0.497 e. The number of carbonyl (C=O) groups excluding carboxylic acids is 1. The van der Waals surface area contributed by atoms with Gasteiger partial charge in [0.05, 0.1) is 7.11 Å². The van der Waals surface area contributed by atoms with Crippen LogP contribution in [0.1, 0.15) is 16.1 Å². The van der Waals surface area contributed by atoms with Gasteiger partial charge in [0.25, 0.3) is 5.91 Å². The number of hydrogen-bond donors (Lipinski definition) is 1. The minimum atomic E-state index is -0.203. The van der Waals surface area contributed by atoms with Gasteiger partial charge in [-0.1, -0.05) is 12.1 Å². The molecular formula is C19H25N5O2. The monoisotopic (exact) mass is 355 g/mol. The molecule has 0 unspecified atom stereocenters. The van der Waals surface area contributed by atoms with Crippen molar-refractivity contribution in [1.29, 1.82) is 0 Å². The third kappa shape index (κ3) is 4.70. The van der Waals surface area contributed by atoms with E-state index in [0.717, 1.165) is 49.7 Å². The molecular weight excluding hydrogens is 330 g/mol. The number of piperazine rings is 1. The van der Waals surface area contributed by atoms with Gasteiger partial charge >= 0.3 is 0 Å². The Morgan fingerprint density at radius 3 is 2.65 bits per heavy atom. The Balaban J connectivity index is 1.50. The van der Waals surface area contributed by atoms with Crippen molar-refractivity contribution >= 4 is 11.7 Å². The average Bonchev–Trinajstić information content (AvgIpc) is 2.69. The molecule has 1 aromatic carbocycles. The van der Waals surface area contributed by atoms with Crippen LogP contribution in [-0.4, -0.2) is 67.9 Å². The summed E-state index contributed by atoms with van der Waals surface area (Å²) in [7, 11) is 3.76. The number of nitrogens with zero attached hydrogens (tertiary/aromatic N) is 4. The topological polar surface area (TPSA) is 70.6 Å². The van der Waals surface area contributed by atoms with Gasteiger partial charge in [0.2, 0.25) is 0 Å². The van der Waals surface area contributed by atoms with Crippen LogP contribution in [0.2, 0.25) is 0 Å². The molecule has 0 atom stereocenters. The highest BCUT2D eigenvalue weighted by Crippen LogP contribution is 2.13. The van der Waals surface area contributed by atoms with E-state index in [1.807, 2.05) is 30.3 Å². The number of methoxy groups -OCH3 is 1. The van der Waals surface area contributed by atoms with Gasteiger partial charge in [-0.2, -0.15) is 0 Å². The molecule has 1 amide bonds. The lowest BCUT2D eigenvalue weighted by Gasteiger charge is -2.32. The van der Waals surface area contributed by atoms with E-state index in [9.17, 15) is 4.79 Å². The van der Waals surface area contributed by atoms with Crippen LogP contribution in [0, 0.1) is 0 Å². The Morgan fingerprint density at radius 2 is 1.96 bits per heavy atom. The number of anilines is 1. The molecule has 1 aliphatic rings. The first kappa shape index (κ1) is 18.1. The second kappa shape index (κ2) is 8.62. The maximum Gasteiger partial charge on any atom is 0.271 e. The predicted molar refractivity (Wildman–Crippen MR) is 101 cm³/mol. The molecule has 0 aliphatic carbocycles. The molecule has 26 heavy (non-hydrogen) atoms. The van der Waals surface area contributed by atoms with E-state index in [4.69, 9.17) is 4.74 Å². The Kier molecular flexibility index (Phi) is 6.01. The van der Waals surface area contributed by atoms with Crippen LogP contribution in [0.25, 0.3) is 0 Å². The first-order valence-electron chi connectivity index (χ1n) is 8.84. The fourth-order valence-corrected chi connectivity index (χ4v) is 2.89. The predicted octanol–water partition coefficient (Wildman–Crippen LogP) is 1.21. The minimum absolute atomic E-state index is 0.203. The van der Waals surface area contributed by atoms with Crippen molar-refractivity contribution in [2.24, 2.45) is 0 Å². The van der Waals surface area contributed by atoms with Crippen LogP contribution in [0.3, 0.4) is 0 Å². The third-order valence-electron chi connectivity index (χ3n) is 4.54. The zero-order valence-electron chi connectivity index (χ0n) is 15.3. The van der Waals surface area contributed by atoms with Gasteiger partial charge in [-0.25, -0.2) is 0 Å². The second-order valence-electron chi connectivity index (χ2n) is 6.42. The molecule has 7 nitrogen and oxygen atoms in total. The highest BCUT2D eigenvalue weighted by atomic mass is 16.5. The molecule has 1 saturated heterocycles. The molecule has 138 valence electrons. The lowest BCUT2D eigenvalue weighted by atomic mass is 10.1. The molecule has 0 radical (unpaired) electrons. The normalized spacial score (nSPS) is 14.9. The van der Waals surface area contributed by atoms with Gasteiger partial charge in [-0.3, -0.25) is 4.79 Å². The van der Waals surface area contributed by atoms with Crippen molar-refractivity contribution in [3.8, 4) is 5.75 Å². The quantitative estimate of drug-likeness (QED) is 0.840. The number of amides is 1. The van der Waals surface area contributed by atoms with E-state index in [-0.39, 0.29) is 5.91 Å². The standard InChI is InChI=1S/C19H25N5O2/c1-23-10-12-24(13-11-23)18-7-6-17(21-22-18)19(25)20-9-8-15-4-3-5-16(14-15)26-2/h3-7,14H,8-13H2,1-2H3,(H,20,25). The average molecular weight is 355 g/mol. The van der Waals surface area contributed by atoms with Crippen LogP contribution < -0.4 is 15.0 Å². The van der Waals surface area contributed by atoms with Crippen molar-refractivity contribution in [2.45, 2.75) is 6.42 Å². The number of nitrogens with one attached hydrogen (secondary N) is 1. The fraction of sp³-hybridized carbons (Fsp3) is 0.421. The van der Waals surface area contributed by atoms with Gasteiger partial charge in [-0.15, -0.1) is 10.2 Å². The van der Waals surface area contributed by atoms with E-state index in [1.165, 1.54) is 0 Å². The molecule has 0 saturated carbocycles. The Morgan fingerprint density at radius 1 is 1.15 bits per heavy atom. The van der Waals surface area contributed by atoms with E-state index < -0.39 is 0 Å². The zero-order chi connectivity index (χ0) is 18.4. The summed E-state index contributed by atoms with van der Waals surface area (Å²) in [5, 5.41) is 11.2. The fourth-order valence-electron chi connectivity index (χ4n) is 2.89. The summed E-state index contributed by atoms with van der Waals surface area (Å²) in [6.45, 7) is 4.41. The van der Waals surface area contributed by atoms with Gasteiger partial charge in [0.15, 0.2) is 11.5 Å². The number of carbonyl (C=O) groups is 1. The van der Waals surface area contributed by atoms with E-state index in [1.54, 1.807) is 13.2 Å². The van der Waals surface area contributed by atoms with E-state index in [0.29, 0.717) is 12.2 Å². The third-order valence-corrected chi connectivity index (χ3v) is 4.54. The van der Waals surface area contributed by atoms with Crippen molar-refractivity contribution < 1.29 is 9.53 Å². The summed E-state index contributed by atoms with van der Waals surface area (Å²) >= 11 is 0. The number of ether oxygens (including phenoxy) is 1. The maximum atomic E-state index is 12.2. The van der Waals surface area contributed by atoms with Gasteiger partial charge < -0.3 is 19.9 Å². The Bertz CT molecular complexity index is 727. The van der Waals surface area contributed by atoms with E-state index >= 15 is 0 Å². The lowest BCUT2D eigenvalue weighted by Crippen LogP contribution is -2.44. The van der Waals surface area contributed by atoms with Gasteiger partial charge in [0, 0.05) is 32.7 Å². The molecule has 2 heterocycles. The number of aromatic nitrogens is 2. The van der Waals surface area contributed by atoms with Crippen LogP contribution in [0.15, 0.2) is 36.4 Å². The zero-order valence-corrected chi connectivity index (χ0v) is 15.3. The van der Waals surface area contributed by atoms with Crippen LogP contribution in [-0.2, 0) is 6.42 Å². The highest BCUT2D eigenvalue weighted by Gasteiger charge is 2.16. The van der Waals surface area contributed by atoms with Crippen molar-refractivity contribution in [3.05, 3.63) is 47.7 Å². The number of hydrogen-bond acceptors (Lipinski definition) is 6. The Hall–Kier alpha value is -2.67. The van der Waals surface area contributed by atoms with Crippen molar-refractivity contribution in [1.82, 2.24) is 20.4 Å². The van der Waals surface area contributed by atoms with Crippen molar-refractivity contribution in [2.75, 3.05) is 51.8 Å². The second-order valence-corrected chi connectivity index (χ2v) is 6.42. The first-order chi connectivity index (χ1) is 12.7. The SMILES string of the molecule is COc1cccc(CCNC(=O)c2ccc(N3CCN(C)CC3)nn2)c1. The summed E-state index contributed by atoms with van der Waals surface area (Å²) in [6, 6.07) is 11.4. The van der Waals surface area contributed by atoms with Crippen LogP contribution in [0.5, 0.6) is 5.75 Å². The summed E-state index contributed by atoms with van der Waals surface area (Å²) in [5.41, 5.74) is 1.45. The van der Waals surface area contributed by atoms with Crippen LogP contribution in [0.4, 0.5) is 5.82 Å². The number of benzene rings is 1. The highest BCUT2D eigenvalue weighted by molar-refractivity contribution is 5.92. The van der Waals surface area contributed by atoms with Gasteiger partial charge in [-0.05, 0) is 43.3 Å². The van der Waals surface area contributed by atoms with Gasteiger partial charge in [0.1, 0.15) is 5.75 Å². The molecule has 0 bridgehead atoms. The molecule has 1 fully saturated rings. The maximum absolute atomic E-state index is 12.2. The molecule has 0 spiro atoms. The summed E-state index contributed by atoms with van der Waals surface area (Å²) in [6.07, 6.45) is 0.732. The molecule has 1 aromatic heterocycles. The Labute approximate surface area is 154 Å². The summed E-state index contributed by atoms with van der Waals surface area (Å²) in [5.74, 6) is 1.44. The summed E-state index contributed by atoms with van der Waals surface area (Å²) in [4.78, 5) is 16.7. The summed E-state index contributed by atoms with van der Waals surface area (Å²) < 4.78 is 5.21. The van der Waals surface area contributed by atoms with E-state index in [2.05, 4.69) is 32.4 Å².